The van der Waals surface area contributed by atoms with E-state index in [1.54, 1.807) is 30.3 Å². The van der Waals surface area contributed by atoms with E-state index in [2.05, 4.69) is 10.3 Å². The topological polar surface area (TPSA) is 51.2 Å². The Hall–Kier alpha value is -3.65. The van der Waals surface area contributed by atoms with E-state index >= 15 is 0 Å². The van der Waals surface area contributed by atoms with E-state index in [0.29, 0.717) is 22.2 Å². The van der Waals surface area contributed by atoms with Gasteiger partial charge in [0, 0.05) is 10.9 Å². The number of benzene rings is 3. The number of halogens is 5. The van der Waals surface area contributed by atoms with Gasteiger partial charge in [-0.05, 0) is 48.5 Å². The number of aromatic nitrogens is 1. The molecule has 4 nitrogen and oxygen atoms in total. The van der Waals surface area contributed by atoms with Crippen LogP contribution in [-0.4, -0.2) is 18.0 Å². The summed E-state index contributed by atoms with van der Waals surface area (Å²) in [4.78, 5) is 17.6. The summed E-state index contributed by atoms with van der Waals surface area (Å²) in [6.45, 7) is 0. The summed E-state index contributed by atoms with van der Waals surface area (Å²) in [5.74, 6) is -1.24. The Kier molecular flexibility index (Phi) is 5.95. The van der Waals surface area contributed by atoms with Gasteiger partial charge in [0.1, 0.15) is 0 Å². The number of amides is 1. The zero-order valence-electron chi connectivity index (χ0n) is 17.0. The molecule has 0 aliphatic heterocycles. The van der Waals surface area contributed by atoms with Crippen molar-refractivity contribution in [3.05, 3.63) is 88.7 Å². The summed E-state index contributed by atoms with van der Waals surface area (Å²) in [7, 11) is 1.34. The van der Waals surface area contributed by atoms with Gasteiger partial charge in [-0.15, -0.1) is 0 Å². The van der Waals surface area contributed by atoms with E-state index in [0.717, 1.165) is 18.2 Å². The quantitative estimate of drug-likeness (QED) is 0.325. The van der Waals surface area contributed by atoms with Gasteiger partial charge in [-0.2, -0.15) is 13.2 Å². The van der Waals surface area contributed by atoms with E-state index in [1.807, 2.05) is 0 Å². The van der Waals surface area contributed by atoms with Crippen molar-refractivity contribution in [2.45, 2.75) is 6.18 Å². The number of alkyl halides is 3. The molecule has 1 heterocycles. The molecule has 4 aromatic rings. The van der Waals surface area contributed by atoms with Crippen molar-refractivity contribution in [1.82, 2.24) is 4.98 Å². The highest BCUT2D eigenvalue weighted by molar-refractivity contribution is 6.34. The molecule has 4 rings (SSSR count). The number of nitrogens with one attached hydrogen (secondary N) is 1. The second-order valence-corrected chi connectivity index (χ2v) is 7.48. The van der Waals surface area contributed by atoms with Crippen molar-refractivity contribution in [3.8, 4) is 17.0 Å². The third-order valence-electron chi connectivity index (χ3n) is 4.95. The molecule has 0 saturated carbocycles. The van der Waals surface area contributed by atoms with Crippen LogP contribution in [0.2, 0.25) is 5.02 Å². The molecule has 33 heavy (non-hydrogen) atoms. The van der Waals surface area contributed by atoms with E-state index in [1.165, 1.54) is 25.3 Å². The molecule has 0 radical (unpaired) electrons. The third-order valence-corrected chi connectivity index (χ3v) is 5.28. The minimum Gasteiger partial charge on any atom is -0.494 e. The normalized spacial score (nSPS) is 11.5. The first-order chi connectivity index (χ1) is 15.7. The van der Waals surface area contributed by atoms with E-state index in [4.69, 9.17) is 16.3 Å². The van der Waals surface area contributed by atoms with Crippen LogP contribution in [0.15, 0.2) is 66.7 Å². The number of methoxy groups -OCH3 is 1. The molecular formula is C24H15ClF4N2O2. The van der Waals surface area contributed by atoms with Gasteiger partial charge in [0.25, 0.3) is 5.91 Å². The Morgan fingerprint density at radius 2 is 1.79 bits per heavy atom. The monoisotopic (exact) mass is 474 g/mol. The van der Waals surface area contributed by atoms with Crippen LogP contribution in [-0.2, 0) is 6.18 Å². The van der Waals surface area contributed by atoms with Gasteiger partial charge in [0.2, 0.25) is 0 Å². The van der Waals surface area contributed by atoms with Gasteiger partial charge in [0.15, 0.2) is 11.6 Å². The predicted octanol–water partition coefficient (Wildman–Crippen LogP) is 6.97. The number of carbonyl (C=O) groups is 1. The van der Waals surface area contributed by atoms with E-state index in [9.17, 15) is 22.4 Å². The molecule has 168 valence electrons. The van der Waals surface area contributed by atoms with E-state index in [-0.39, 0.29) is 22.0 Å². The molecule has 1 amide bonds. The van der Waals surface area contributed by atoms with Crippen LogP contribution in [0.1, 0.15) is 15.9 Å². The fourth-order valence-corrected chi connectivity index (χ4v) is 3.49. The van der Waals surface area contributed by atoms with Crippen LogP contribution in [0, 0.1) is 5.82 Å². The largest absolute Gasteiger partial charge is 0.494 e. The van der Waals surface area contributed by atoms with Crippen molar-refractivity contribution < 1.29 is 27.1 Å². The van der Waals surface area contributed by atoms with Crippen LogP contribution in [0.5, 0.6) is 5.75 Å². The number of nitrogens with zero attached hydrogens (tertiary/aromatic N) is 1. The van der Waals surface area contributed by atoms with Gasteiger partial charge in [-0.25, -0.2) is 9.37 Å². The van der Waals surface area contributed by atoms with Crippen LogP contribution >= 0.6 is 11.6 Å². The lowest BCUT2D eigenvalue weighted by atomic mass is 10.0. The van der Waals surface area contributed by atoms with Crippen molar-refractivity contribution in [2.75, 3.05) is 12.4 Å². The number of para-hydroxylation sites is 1. The molecule has 0 atom stereocenters. The maximum atomic E-state index is 14.2. The van der Waals surface area contributed by atoms with Crippen LogP contribution in [0.4, 0.5) is 23.2 Å². The van der Waals surface area contributed by atoms with E-state index < -0.39 is 23.5 Å². The fourth-order valence-electron chi connectivity index (χ4n) is 3.32. The fraction of sp³-hybridized carbons (Fsp3) is 0.0833. The molecule has 0 aliphatic carbocycles. The van der Waals surface area contributed by atoms with Gasteiger partial charge in [-0.1, -0.05) is 29.8 Å². The van der Waals surface area contributed by atoms with Crippen molar-refractivity contribution >= 4 is 34.1 Å². The molecule has 0 saturated heterocycles. The summed E-state index contributed by atoms with van der Waals surface area (Å²) in [5, 5.41) is 2.87. The Labute approximate surface area is 190 Å². The first-order valence-electron chi connectivity index (χ1n) is 9.59. The van der Waals surface area contributed by atoms with Crippen molar-refractivity contribution in [2.24, 2.45) is 0 Å². The first kappa shape index (κ1) is 22.5. The zero-order chi connectivity index (χ0) is 23.8. The first-order valence-corrected chi connectivity index (χ1v) is 9.97. The average molecular weight is 475 g/mol. The summed E-state index contributed by atoms with van der Waals surface area (Å²) < 4.78 is 58.4. The van der Waals surface area contributed by atoms with Gasteiger partial charge >= 0.3 is 6.18 Å². The Balaban J connectivity index is 1.79. The number of pyridine rings is 1. The number of hydrogen-bond donors (Lipinski definition) is 1. The minimum atomic E-state index is -4.60. The number of hydrogen-bond acceptors (Lipinski definition) is 3. The highest BCUT2D eigenvalue weighted by atomic mass is 35.5. The number of carbonyl (C=O) groups excluding carboxylic acids is 1. The van der Waals surface area contributed by atoms with Gasteiger partial charge in [-0.3, -0.25) is 4.79 Å². The molecule has 0 unspecified atom stereocenters. The minimum absolute atomic E-state index is 0.0489. The van der Waals surface area contributed by atoms with Crippen LogP contribution in [0.25, 0.3) is 22.2 Å². The summed E-state index contributed by atoms with van der Waals surface area (Å²) in [6.07, 6.45) is -4.60. The van der Waals surface area contributed by atoms with Crippen molar-refractivity contribution in [1.29, 1.82) is 0 Å². The zero-order valence-corrected chi connectivity index (χ0v) is 17.8. The second kappa shape index (κ2) is 8.71. The SMILES string of the molecule is COc1ccc(-c2cc(C(=O)Nc3cc(C(F)(F)F)ccc3Cl)c3ccccc3n2)cc1F. The molecule has 0 spiro atoms. The lowest BCUT2D eigenvalue weighted by Crippen LogP contribution is -2.14. The Morgan fingerprint density at radius 3 is 2.48 bits per heavy atom. The van der Waals surface area contributed by atoms with Crippen LogP contribution in [0.3, 0.4) is 0 Å². The maximum absolute atomic E-state index is 14.2. The smallest absolute Gasteiger partial charge is 0.416 e. The molecule has 3 aromatic carbocycles. The molecule has 9 heteroatoms. The van der Waals surface area contributed by atoms with Gasteiger partial charge < -0.3 is 10.1 Å². The maximum Gasteiger partial charge on any atom is 0.416 e. The lowest BCUT2D eigenvalue weighted by molar-refractivity contribution is -0.137. The summed E-state index contributed by atoms with van der Waals surface area (Å²) in [6, 6.07) is 15.1. The average Bonchev–Trinajstić information content (AvgIpc) is 2.78. The number of fused-ring (bicyclic) bond motifs is 1. The Morgan fingerprint density at radius 1 is 1.03 bits per heavy atom. The second-order valence-electron chi connectivity index (χ2n) is 7.07. The number of ether oxygens (including phenoxy) is 1. The summed E-state index contributed by atoms with van der Waals surface area (Å²) >= 11 is 6.02. The molecule has 0 bridgehead atoms. The Bertz CT molecular complexity index is 1370. The molecular weight excluding hydrogens is 460 g/mol. The molecule has 1 N–H and O–H groups in total. The van der Waals surface area contributed by atoms with Gasteiger partial charge in [0.05, 0.1) is 40.2 Å². The molecule has 1 aromatic heterocycles. The van der Waals surface area contributed by atoms with Crippen LogP contribution < -0.4 is 10.1 Å². The summed E-state index contributed by atoms with van der Waals surface area (Å²) in [5.41, 5.74) is 0.151. The van der Waals surface area contributed by atoms with Crippen molar-refractivity contribution in [3.63, 3.8) is 0 Å². The highest BCUT2D eigenvalue weighted by Crippen LogP contribution is 2.34. The predicted molar refractivity (Wildman–Crippen MR) is 118 cm³/mol. The highest BCUT2D eigenvalue weighted by Gasteiger charge is 2.31. The lowest BCUT2D eigenvalue weighted by Gasteiger charge is -2.14. The number of rotatable bonds is 4. The standard InChI is InChI=1S/C24H15ClF4N2O2/c1-33-22-9-6-13(10-18(22)26)20-12-16(15-4-2-3-5-19(15)30-20)23(32)31-21-11-14(24(27,28)29)7-8-17(21)25/h2-12H,1H3,(H,31,32). The number of anilines is 1. The molecule has 0 fully saturated rings. The third kappa shape index (κ3) is 4.61. The molecule has 0 aliphatic rings.